The molecule has 1 N–H and O–H groups in total. The number of aromatic amines is 1. The van der Waals surface area contributed by atoms with Gasteiger partial charge in [-0.3, -0.25) is 9.78 Å². The summed E-state index contributed by atoms with van der Waals surface area (Å²) in [5, 5.41) is 13.1. The van der Waals surface area contributed by atoms with Gasteiger partial charge in [0.25, 0.3) is 0 Å². The third-order valence-electron chi connectivity index (χ3n) is 4.59. The maximum absolute atomic E-state index is 5.90. The molecule has 0 amide bonds. The smallest absolute Gasteiger partial charge is 0.120 e. The fourth-order valence-electron chi connectivity index (χ4n) is 3.00. The van der Waals surface area contributed by atoms with Crippen LogP contribution < -0.4 is 4.74 Å². The number of aromatic nitrogens is 4. The molecule has 0 fully saturated rings. The molecule has 0 unspecified atom stereocenters. The predicted molar refractivity (Wildman–Crippen MR) is 92.2 cm³/mol. The normalized spacial score (nSPS) is 22.1. The third-order valence-corrected chi connectivity index (χ3v) is 4.59. The lowest BCUT2D eigenvalue weighted by atomic mass is 10.1. The van der Waals surface area contributed by atoms with E-state index in [1.807, 2.05) is 29.1 Å². The Labute approximate surface area is 140 Å². The zero-order chi connectivity index (χ0) is 16.5. The quantitative estimate of drug-likeness (QED) is 0.686. The van der Waals surface area contributed by atoms with Crippen molar-refractivity contribution in [1.29, 1.82) is 0 Å². The Morgan fingerprint density at radius 2 is 2.12 bits per heavy atom. The van der Waals surface area contributed by atoms with Crippen molar-refractivity contribution in [3.05, 3.63) is 30.6 Å². The molecule has 4 rings (SSSR count). The van der Waals surface area contributed by atoms with Gasteiger partial charge >= 0.3 is 0 Å². The first kappa shape index (κ1) is 15.2. The predicted octanol–water partition coefficient (Wildman–Crippen LogP) is 3.57. The third kappa shape index (κ3) is 2.89. The molecule has 2 atom stereocenters. The first-order chi connectivity index (χ1) is 11.7. The van der Waals surface area contributed by atoms with E-state index in [4.69, 9.17) is 9.47 Å². The monoisotopic (exact) mass is 326 g/mol. The minimum Gasteiger partial charge on any atom is -0.493 e. The Balaban J connectivity index is 1.75. The van der Waals surface area contributed by atoms with Crippen LogP contribution in [-0.2, 0) is 4.74 Å². The van der Waals surface area contributed by atoms with Crippen molar-refractivity contribution in [1.82, 2.24) is 20.0 Å². The van der Waals surface area contributed by atoms with Crippen LogP contribution in [0, 0.1) is 0 Å². The van der Waals surface area contributed by atoms with Crippen molar-refractivity contribution >= 4 is 10.9 Å². The van der Waals surface area contributed by atoms with Crippen molar-refractivity contribution in [3.63, 3.8) is 0 Å². The summed E-state index contributed by atoms with van der Waals surface area (Å²) in [6.07, 6.45) is 5.90. The molecule has 2 aromatic heterocycles. The van der Waals surface area contributed by atoms with Crippen LogP contribution >= 0.6 is 0 Å². The summed E-state index contributed by atoms with van der Waals surface area (Å²) in [4.78, 5) is 0. The van der Waals surface area contributed by atoms with Crippen LogP contribution in [-0.4, -0.2) is 39.3 Å². The Bertz CT molecular complexity index is 839. The minimum absolute atomic E-state index is 0.184. The van der Waals surface area contributed by atoms with E-state index in [0.29, 0.717) is 6.61 Å². The molecule has 1 aliphatic rings. The van der Waals surface area contributed by atoms with Gasteiger partial charge in [0.1, 0.15) is 11.4 Å². The number of hydrogen-bond donors (Lipinski definition) is 1. The van der Waals surface area contributed by atoms with Crippen LogP contribution in [0.5, 0.6) is 5.75 Å². The molecule has 126 valence electrons. The topological polar surface area (TPSA) is 65.0 Å². The van der Waals surface area contributed by atoms with Crippen molar-refractivity contribution < 1.29 is 9.47 Å². The molecule has 1 aromatic carbocycles. The van der Waals surface area contributed by atoms with E-state index >= 15 is 0 Å². The molecule has 3 heterocycles. The Morgan fingerprint density at radius 3 is 3.04 bits per heavy atom. The van der Waals surface area contributed by atoms with Gasteiger partial charge in [0.05, 0.1) is 30.5 Å². The number of nitrogens with one attached hydrogen (secondary N) is 1. The van der Waals surface area contributed by atoms with Gasteiger partial charge in [-0.25, -0.2) is 0 Å². The molecule has 6 nitrogen and oxygen atoms in total. The Kier molecular flexibility index (Phi) is 3.98. The SMILES string of the molecule is C[C@@H]1CCOc2ccc3[nH]nc(c3c2)-c2cnn(c2)[C@H](C)CCO1. The second-order valence-electron chi connectivity index (χ2n) is 6.44. The van der Waals surface area contributed by atoms with Crippen LogP contribution in [0.2, 0.25) is 0 Å². The number of benzene rings is 1. The molecule has 24 heavy (non-hydrogen) atoms. The highest BCUT2D eigenvalue weighted by Gasteiger charge is 2.15. The molecule has 0 radical (unpaired) electrons. The standard InChI is InChI=1S/C18H22N4O2/c1-12-5-7-23-13(2)6-8-24-15-3-4-17-16(9-15)18(21-20-17)14-10-19-22(12)11-14/h3-4,9-13H,5-8H2,1-2H3,(H,20,21)/t12-,13-/m1/s1. The second-order valence-corrected chi connectivity index (χ2v) is 6.44. The Hall–Kier alpha value is -2.34. The average Bonchev–Trinajstić information content (AvgIpc) is 3.20. The van der Waals surface area contributed by atoms with E-state index in [1.165, 1.54) is 0 Å². The van der Waals surface area contributed by atoms with Gasteiger partial charge in [0.15, 0.2) is 0 Å². The fraction of sp³-hybridized carbons (Fsp3) is 0.444. The lowest BCUT2D eigenvalue weighted by molar-refractivity contribution is 0.0434. The van der Waals surface area contributed by atoms with Crippen molar-refractivity contribution in [2.24, 2.45) is 0 Å². The highest BCUT2D eigenvalue weighted by atomic mass is 16.5. The van der Waals surface area contributed by atoms with Crippen LogP contribution in [0.15, 0.2) is 30.6 Å². The van der Waals surface area contributed by atoms with Gasteiger partial charge in [-0.2, -0.15) is 10.2 Å². The number of ether oxygens (including phenoxy) is 2. The van der Waals surface area contributed by atoms with Crippen molar-refractivity contribution in [2.45, 2.75) is 38.8 Å². The molecule has 3 aromatic rings. The van der Waals surface area contributed by atoms with Gasteiger partial charge in [-0.05, 0) is 38.5 Å². The van der Waals surface area contributed by atoms with Crippen LogP contribution in [0.4, 0.5) is 0 Å². The molecular weight excluding hydrogens is 304 g/mol. The lowest BCUT2D eigenvalue weighted by Gasteiger charge is -2.16. The van der Waals surface area contributed by atoms with E-state index in [2.05, 4.69) is 35.3 Å². The largest absolute Gasteiger partial charge is 0.493 e. The summed E-state index contributed by atoms with van der Waals surface area (Å²) in [6.45, 7) is 5.62. The summed E-state index contributed by atoms with van der Waals surface area (Å²) in [6, 6.07) is 6.30. The van der Waals surface area contributed by atoms with E-state index < -0.39 is 0 Å². The lowest BCUT2D eigenvalue weighted by Crippen LogP contribution is -2.16. The zero-order valence-corrected chi connectivity index (χ0v) is 14.0. The molecule has 0 aliphatic carbocycles. The van der Waals surface area contributed by atoms with Gasteiger partial charge in [-0.15, -0.1) is 0 Å². The number of nitrogens with zero attached hydrogens (tertiary/aromatic N) is 3. The van der Waals surface area contributed by atoms with Crippen molar-refractivity contribution in [3.8, 4) is 17.0 Å². The summed E-state index contributed by atoms with van der Waals surface area (Å²) >= 11 is 0. The zero-order valence-electron chi connectivity index (χ0n) is 14.0. The highest BCUT2D eigenvalue weighted by Crippen LogP contribution is 2.30. The van der Waals surface area contributed by atoms with Gasteiger partial charge in [0, 0.05) is 30.2 Å². The number of H-pyrrole nitrogens is 1. The highest BCUT2D eigenvalue weighted by molar-refractivity contribution is 5.93. The van der Waals surface area contributed by atoms with Gasteiger partial charge < -0.3 is 9.47 Å². The van der Waals surface area contributed by atoms with Crippen LogP contribution in [0.3, 0.4) is 0 Å². The van der Waals surface area contributed by atoms with E-state index in [0.717, 1.165) is 47.4 Å². The van der Waals surface area contributed by atoms with Gasteiger partial charge in [0.2, 0.25) is 0 Å². The second kappa shape index (κ2) is 6.28. The number of rotatable bonds is 0. The molecule has 4 bridgehead atoms. The first-order valence-corrected chi connectivity index (χ1v) is 8.48. The summed E-state index contributed by atoms with van der Waals surface area (Å²) < 4.78 is 13.8. The minimum atomic E-state index is 0.184. The summed E-state index contributed by atoms with van der Waals surface area (Å²) in [5.74, 6) is 0.855. The Morgan fingerprint density at radius 1 is 1.21 bits per heavy atom. The molecular formula is C18H22N4O2. The fourth-order valence-corrected chi connectivity index (χ4v) is 3.00. The maximum Gasteiger partial charge on any atom is 0.120 e. The summed E-state index contributed by atoms with van der Waals surface area (Å²) in [5.41, 5.74) is 2.92. The van der Waals surface area contributed by atoms with Crippen LogP contribution in [0.1, 0.15) is 32.7 Å². The van der Waals surface area contributed by atoms with E-state index in [9.17, 15) is 0 Å². The molecule has 6 heteroatoms. The van der Waals surface area contributed by atoms with Crippen molar-refractivity contribution in [2.75, 3.05) is 13.2 Å². The van der Waals surface area contributed by atoms with E-state index in [-0.39, 0.29) is 12.1 Å². The number of hydrogen-bond acceptors (Lipinski definition) is 4. The summed E-state index contributed by atoms with van der Waals surface area (Å²) in [7, 11) is 0. The molecule has 1 aliphatic heterocycles. The molecule has 0 spiro atoms. The van der Waals surface area contributed by atoms with Gasteiger partial charge in [-0.1, -0.05) is 0 Å². The maximum atomic E-state index is 5.90. The molecule has 0 saturated carbocycles. The molecule has 0 saturated heterocycles. The van der Waals surface area contributed by atoms with E-state index in [1.54, 1.807) is 0 Å². The average molecular weight is 326 g/mol. The number of fused-ring (bicyclic) bond motifs is 4. The first-order valence-electron chi connectivity index (χ1n) is 8.48. The van der Waals surface area contributed by atoms with Crippen LogP contribution in [0.25, 0.3) is 22.2 Å².